The van der Waals surface area contributed by atoms with E-state index in [1.54, 1.807) is 18.4 Å². The Morgan fingerprint density at radius 1 is 1.15 bits per heavy atom. The second-order valence-corrected chi connectivity index (χ2v) is 5.90. The van der Waals surface area contributed by atoms with E-state index >= 15 is 0 Å². The topological polar surface area (TPSA) is 35.2 Å². The zero-order chi connectivity index (χ0) is 14.1. The van der Waals surface area contributed by atoms with Gasteiger partial charge in [-0.3, -0.25) is 0 Å². The summed E-state index contributed by atoms with van der Waals surface area (Å²) in [6.07, 6.45) is 0. The monoisotopic (exact) mass is 303 g/mol. The van der Waals surface area contributed by atoms with Crippen molar-refractivity contribution in [1.29, 1.82) is 0 Å². The summed E-state index contributed by atoms with van der Waals surface area (Å²) in [6.45, 7) is 0. The van der Waals surface area contributed by atoms with Gasteiger partial charge in [-0.2, -0.15) is 0 Å². The van der Waals surface area contributed by atoms with Crippen LogP contribution in [0.3, 0.4) is 0 Å². The molecule has 0 spiro atoms. The SMILES string of the molecule is COc1csc(C(N)c2ccc(Cl)c3ccccc23)c1. The van der Waals surface area contributed by atoms with Crippen molar-refractivity contribution in [1.82, 2.24) is 0 Å². The summed E-state index contributed by atoms with van der Waals surface area (Å²) in [5, 5.41) is 4.85. The van der Waals surface area contributed by atoms with E-state index in [0.29, 0.717) is 0 Å². The highest BCUT2D eigenvalue weighted by Gasteiger charge is 2.15. The molecule has 1 heterocycles. The Hall–Kier alpha value is -1.55. The number of hydrogen-bond acceptors (Lipinski definition) is 3. The number of ether oxygens (including phenoxy) is 1. The molecule has 0 aliphatic carbocycles. The minimum absolute atomic E-state index is 0.175. The molecule has 0 saturated carbocycles. The van der Waals surface area contributed by atoms with E-state index in [1.807, 2.05) is 41.8 Å². The minimum atomic E-state index is -0.175. The van der Waals surface area contributed by atoms with Crippen LogP contribution in [-0.2, 0) is 0 Å². The van der Waals surface area contributed by atoms with Gasteiger partial charge < -0.3 is 10.5 Å². The molecule has 2 nitrogen and oxygen atoms in total. The molecular weight excluding hydrogens is 290 g/mol. The first-order valence-electron chi connectivity index (χ1n) is 6.26. The number of thiophene rings is 1. The molecule has 0 aliphatic rings. The average Bonchev–Trinajstić information content (AvgIpc) is 2.96. The summed E-state index contributed by atoms with van der Waals surface area (Å²) < 4.78 is 5.22. The van der Waals surface area contributed by atoms with Crippen molar-refractivity contribution in [3.8, 4) is 5.75 Å². The summed E-state index contributed by atoms with van der Waals surface area (Å²) in [5.41, 5.74) is 7.49. The third kappa shape index (κ3) is 2.29. The summed E-state index contributed by atoms with van der Waals surface area (Å²) in [5.74, 6) is 0.846. The maximum Gasteiger partial charge on any atom is 0.129 e. The molecule has 4 heteroatoms. The Morgan fingerprint density at radius 3 is 2.60 bits per heavy atom. The van der Waals surface area contributed by atoms with Gasteiger partial charge in [0.25, 0.3) is 0 Å². The van der Waals surface area contributed by atoms with E-state index in [0.717, 1.165) is 32.0 Å². The summed E-state index contributed by atoms with van der Waals surface area (Å²) >= 11 is 7.85. The van der Waals surface area contributed by atoms with Crippen LogP contribution in [0.1, 0.15) is 16.5 Å². The zero-order valence-corrected chi connectivity index (χ0v) is 12.5. The molecular formula is C16H14ClNOS. The van der Waals surface area contributed by atoms with E-state index in [2.05, 4.69) is 6.07 Å². The lowest BCUT2D eigenvalue weighted by molar-refractivity contribution is 0.416. The molecule has 1 atom stereocenters. The Morgan fingerprint density at radius 2 is 1.90 bits per heavy atom. The fourth-order valence-electron chi connectivity index (χ4n) is 2.31. The highest BCUT2D eigenvalue weighted by molar-refractivity contribution is 7.10. The number of methoxy groups -OCH3 is 1. The number of fused-ring (bicyclic) bond motifs is 1. The third-order valence-corrected chi connectivity index (χ3v) is 4.70. The molecule has 0 bridgehead atoms. The normalized spacial score (nSPS) is 12.6. The van der Waals surface area contributed by atoms with Crippen LogP contribution in [0.15, 0.2) is 47.8 Å². The number of benzene rings is 2. The van der Waals surface area contributed by atoms with E-state index in [1.165, 1.54) is 0 Å². The largest absolute Gasteiger partial charge is 0.496 e. The first-order valence-corrected chi connectivity index (χ1v) is 7.51. The molecule has 3 aromatic rings. The molecule has 3 rings (SSSR count). The van der Waals surface area contributed by atoms with E-state index in [-0.39, 0.29) is 6.04 Å². The molecule has 0 saturated heterocycles. The first-order chi connectivity index (χ1) is 9.70. The maximum absolute atomic E-state index is 6.41. The molecule has 2 aromatic carbocycles. The molecule has 0 aliphatic heterocycles. The number of hydrogen-bond donors (Lipinski definition) is 1. The van der Waals surface area contributed by atoms with Crippen LogP contribution in [-0.4, -0.2) is 7.11 Å². The Kier molecular flexibility index (Phi) is 3.66. The Balaban J connectivity index is 2.12. The Labute approximate surface area is 126 Å². The third-order valence-electron chi connectivity index (χ3n) is 3.38. The predicted octanol–water partition coefficient (Wildman–Crippen LogP) is 4.61. The molecule has 0 radical (unpaired) electrons. The average molecular weight is 304 g/mol. The molecule has 1 unspecified atom stereocenters. The first kappa shape index (κ1) is 13.4. The van der Waals surface area contributed by atoms with Crippen LogP contribution >= 0.6 is 22.9 Å². The fraction of sp³-hybridized carbons (Fsp3) is 0.125. The van der Waals surface area contributed by atoms with Gasteiger partial charge in [0.15, 0.2) is 0 Å². The second kappa shape index (κ2) is 5.44. The van der Waals surface area contributed by atoms with Crippen molar-refractivity contribution < 1.29 is 4.74 Å². The van der Waals surface area contributed by atoms with Crippen molar-refractivity contribution in [2.24, 2.45) is 5.73 Å². The van der Waals surface area contributed by atoms with Gasteiger partial charge in [0.05, 0.1) is 13.2 Å². The summed E-state index contributed by atoms with van der Waals surface area (Å²) in [4.78, 5) is 1.08. The van der Waals surface area contributed by atoms with Gasteiger partial charge >= 0.3 is 0 Å². The van der Waals surface area contributed by atoms with Gasteiger partial charge in [-0.15, -0.1) is 11.3 Å². The number of rotatable bonds is 3. The molecule has 0 fully saturated rings. The minimum Gasteiger partial charge on any atom is -0.496 e. The Bertz CT molecular complexity index is 753. The van der Waals surface area contributed by atoms with Gasteiger partial charge in [-0.05, 0) is 23.1 Å². The number of nitrogens with two attached hydrogens (primary N) is 1. The standard InChI is InChI=1S/C16H14ClNOS/c1-19-10-8-15(20-9-10)16(18)13-6-7-14(17)12-5-3-2-4-11(12)13/h2-9,16H,18H2,1H3. The van der Waals surface area contributed by atoms with Crippen molar-refractivity contribution >= 4 is 33.7 Å². The van der Waals surface area contributed by atoms with Gasteiger partial charge in [-0.1, -0.05) is 41.9 Å². The van der Waals surface area contributed by atoms with Crippen LogP contribution in [0.2, 0.25) is 5.02 Å². The van der Waals surface area contributed by atoms with Crippen LogP contribution in [0.5, 0.6) is 5.75 Å². The van der Waals surface area contributed by atoms with Crippen LogP contribution in [0.25, 0.3) is 10.8 Å². The van der Waals surface area contributed by atoms with Crippen LogP contribution in [0, 0.1) is 0 Å². The molecule has 1 aromatic heterocycles. The second-order valence-electron chi connectivity index (χ2n) is 4.55. The lowest BCUT2D eigenvalue weighted by Crippen LogP contribution is -2.10. The molecule has 102 valence electrons. The van der Waals surface area contributed by atoms with Gasteiger partial charge in [-0.25, -0.2) is 0 Å². The van der Waals surface area contributed by atoms with E-state index in [9.17, 15) is 0 Å². The highest BCUT2D eigenvalue weighted by Crippen LogP contribution is 2.35. The quantitative estimate of drug-likeness (QED) is 0.767. The van der Waals surface area contributed by atoms with Crippen LogP contribution in [0.4, 0.5) is 0 Å². The predicted molar refractivity (Wildman–Crippen MR) is 85.9 cm³/mol. The molecule has 20 heavy (non-hydrogen) atoms. The smallest absolute Gasteiger partial charge is 0.129 e. The summed E-state index contributed by atoms with van der Waals surface area (Å²) in [7, 11) is 1.66. The van der Waals surface area contributed by atoms with Crippen molar-refractivity contribution in [2.75, 3.05) is 7.11 Å². The van der Waals surface area contributed by atoms with E-state index < -0.39 is 0 Å². The van der Waals surface area contributed by atoms with Crippen LogP contribution < -0.4 is 10.5 Å². The zero-order valence-electron chi connectivity index (χ0n) is 11.0. The van der Waals surface area contributed by atoms with E-state index in [4.69, 9.17) is 22.1 Å². The van der Waals surface area contributed by atoms with Gasteiger partial charge in [0.1, 0.15) is 5.75 Å². The fourth-order valence-corrected chi connectivity index (χ4v) is 3.42. The molecule has 2 N–H and O–H groups in total. The number of halogens is 1. The lowest BCUT2D eigenvalue weighted by Gasteiger charge is -2.14. The van der Waals surface area contributed by atoms with Crippen molar-refractivity contribution in [3.05, 3.63) is 63.3 Å². The van der Waals surface area contributed by atoms with Crippen molar-refractivity contribution in [3.63, 3.8) is 0 Å². The molecule has 0 amide bonds. The van der Waals surface area contributed by atoms with Gasteiger partial charge in [0.2, 0.25) is 0 Å². The van der Waals surface area contributed by atoms with Gasteiger partial charge in [0, 0.05) is 20.7 Å². The summed E-state index contributed by atoms with van der Waals surface area (Å²) in [6, 6.07) is 13.8. The maximum atomic E-state index is 6.41. The highest BCUT2D eigenvalue weighted by atomic mass is 35.5. The lowest BCUT2D eigenvalue weighted by atomic mass is 9.98. The van der Waals surface area contributed by atoms with Crippen molar-refractivity contribution in [2.45, 2.75) is 6.04 Å².